The van der Waals surface area contributed by atoms with Gasteiger partial charge < -0.3 is 15.0 Å². The van der Waals surface area contributed by atoms with Gasteiger partial charge in [-0.25, -0.2) is 0 Å². The van der Waals surface area contributed by atoms with E-state index in [1.54, 1.807) is 12.1 Å². The first-order valence-electron chi connectivity index (χ1n) is 6.51. The van der Waals surface area contributed by atoms with Crippen molar-refractivity contribution in [3.05, 3.63) is 28.3 Å². The second kappa shape index (κ2) is 5.88. The maximum absolute atomic E-state index is 11.3. The van der Waals surface area contributed by atoms with Gasteiger partial charge in [-0.1, -0.05) is 6.07 Å². The molecule has 0 spiro atoms. The van der Waals surface area contributed by atoms with E-state index in [1.807, 2.05) is 24.8 Å². The maximum Gasteiger partial charge on any atom is 0.315 e. The first-order valence-corrected chi connectivity index (χ1v) is 6.51. The lowest BCUT2D eigenvalue weighted by Gasteiger charge is -2.32. The topological polar surface area (TPSA) is 67.6 Å². The molecule has 1 unspecified atom stereocenters. The molecule has 0 saturated carbocycles. The number of nitrogens with one attached hydrogen (secondary N) is 1. The Morgan fingerprint density at radius 1 is 1.58 bits per heavy atom. The second-order valence-corrected chi connectivity index (χ2v) is 4.59. The van der Waals surface area contributed by atoms with Gasteiger partial charge in [0.25, 0.3) is 0 Å². The Morgan fingerprint density at radius 3 is 3.00 bits per heavy atom. The molecule has 6 nitrogen and oxygen atoms in total. The third-order valence-corrected chi connectivity index (χ3v) is 3.15. The Labute approximate surface area is 112 Å². The third kappa shape index (κ3) is 2.96. The zero-order valence-electron chi connectivity index (χ0n) is 11.3. The highest BCUT2D eigenvalue weighted by atomic mass is 16.6. The minimum atomic E-state index is -0.312. The molecule has 0 amide bonds. The molecule has 1 aliphatic heterocycles. The molecule has 104 valence electrons. The summed E-state index contributed by atoms with van der Waals surface area (Å²) < 4.78 is 5.48. The van der Waals surface area contributed by atoms with Gasteiger partial charge >= 0.3 is 5.69 Å². The second-order valence-electron chi connectivity index (χ2n) is 4.59. The number of benzene rings is 1. The van der Waals surface area contributed by atoms with Crippen LogP contribution in [0.1, 0.15) is 13.8 Å². The third-order valence-electron chi connectivity index (χ3n) is 3.15. The molecule has 1 saturated heterocycles. The minimum absolute atomic E-state index is 0.0937. The first-order chi connectivity index (χ1) is 9.13. The quantitative estimate of drug-likeness (QED) is 0.668. The molecule has 19 heavy (non-hydrogen) atoms. The molecule has 1 fully saturated rings. The van der Waals surface area contributed by atoms with E-state index < -0.39 is 0 Å². The number of hydrogen-bond donors (Lipinski definition) is 1. The van der Waals surface area contributed by atoms with E-state index in [4.69, 9.17) is 4.74 Å². The van der Waals surface area contributed by atoms with Crippen LogP contribution in [0, 0.1) is 10.1 Å². The normalized spacial score (nSPS) is 19.3. The average molecular weight is 265 g/mol. The molecule has 1 heterocycles. The van der Waals surface area contributed by atoms with E-state index >= 15 is 0 Å². The lowest BCUT2D eigenvalue weighted by Crippen LogP contribution is -2.41. The van der Waals surface area contributed by atoms with Crippen molar-refractivity contribution in [1.29, 1.82) is 0 Å². The Balaban J connectivity index is 2.38. The SMILES string of the molecule is CCNc1cccc(N2CCOC(C)C2)c1[N+](=O)[O-]. The molecule has 1 aliphatic rings. The Morgan fingerprint density at radius 2 is 2.37 bits per heavy atom. The number of nitrogens with zero attached hydrogens (tertiary/aromatic N) is 2. The van der Waals surface area contributed by atoms with Crippen molar-refractivity contribution in [3.63, 3.8) is 0 Å². The summed E-state index contributed by atoms with van der Waals surface area (Å²) in [7, 11) is 0. The molecule has 0 bridgehead atoms. The van der Waals surface area contributed by atoms with Gasteiger partial charge in [-0.3, -0.25) is 10.1 Å². The summed E-state index contributed by atoms with van der Waals surface area (Å²) in [6, 6.07) is 5.40. The minimum Gasteiger partial charge on any atom is -0.380 e. The van der Waals surface area contributed by atoms with E-state index in [0.717, 1.165) is 0 Å². The zero-order valence-corrected chi connectivity index (χ0v) is 11.3. The molecule has 1 atom stereocenters. The predicted molar refractivity (Wildman–Crippen MR) is 74.9 cm³/mol. The van der Waals surface area contributed by atoms with E-state index in [2.05, 4.69) is 5.32 Å². The number of anilines is 2. The number of nitro benzene ring substituents is 1. The first kappa shape index (κ1) is 13.6. The van der Waals surface area contributed by atoms with Gasteiger partial charge in [-0.15, -0.1) is 0 Å². The van der Waals surface area contributed by atoms with Crippen LogP contribution in [0.3, 0.4) is 0 Å². The van der Waals surface area contributed by atoms with Crippen LogP contribution in [0.15, 0.2) is 18.2 Å². The van der Waals surface area contributed by atoms with Crippen molar-refractivity contribution in [1.82, 2.24) is 0 Å². The van der Waals surface area contributed by atoms with Crippen LogP contribution >= 0.6 is 0 Å². The highest BCUT2D eigenvalue weighted by Gasteiger charge is 2.26. The Hall–Kier alpha value is -1.82. The maximum atomic E-state index is 11.3. The van der Waals surface area contributed by atoms with Crippen LogP contribution in [0.25, 0.3) is 0 Å². The molecule has 6 heteroatoms. The summed E-state index contributed by atoms with van der Waals surface area (Å²) in [6.45, 7) is 6.52. The van der Waals surface area contributed by atoms with Crippen molar-refractivity contribution in [2.45, 2.75) is 20.0 Å². The van der Waals surface area contributed by atoms with Crippen LogP contribution in [0.2, 0.25) is 0 Å². The summed E-state index contributed by atoms with van der Waals surface area (Å²) in [5.74, 6) is 0. The van der Waals surface area contributed by atoms with E-state index in [0.29, 0.717) is 37.6 Å². The van der Waals surface area contributed by atoms with Gasteiger partial charge in [0.1, 0.15) is 11.4 Å². The fourth-order valence-electron chi connectivity index (χ4n) is 2.35. The largest absolute Gasteiger partial charge is 0.380 e. The van der Waals surface area contributed by atoms with Crippen molar-refractivity contribution < 1.29 is 9.66 Å². The number of para-hydroxylation sites is 1. The fraction of sp³-hybridized carbons (Fsp3) is 0.538. The van der Waals surface area contributed by atoms with Crippen molar-refractivity contribution >= 4 is 17.1 Å². The predicted octanol–water partition coefficient (Wildman–Crippen LogP) is 2.25. The Kier molecular flexibility index (Phi) is 4.21. The monoisotopic (exact) mass is 265 g/mol. The number of hydrogen-bond acceptors (Lipinski definition) is 5. The molecular formula is C13H19N3O3. The number of rotatable bonds is 4. The van der Waals surface area contributed by atoms with Crippen molar-refractivity contribution in [2.75, 3.05) is 36.5 Å². The molecule has 0 aliphatic carbocycles. The van der Waals surface area contributed by atoms with Gasteiger partial charge in [0.15, 0.2) is 0 Å². The summed E-state index contributed by atoms with van der Waals surface area (Å²) >= 11 is 0. The van der Waals surface area contributed by atoms with E-state index in [1.165, 1.54) is 0 Å². The van der Waals surface area contributed by atoms with Gasteiger partial charge in [-0.2, -0.15) is 0 Å². The van der Waals surface area contributed by atoms with Crippen molar-refractivity contribution in [2.24, 2.45) is 0 Å². The van der Waals surface area contributed by atoms with Gasteiger partial charge in [0, 0.05) is 19.6 Å². The van der Waals surface area contributed by atoms with Gasteiger partial charge in [0.05, 0.1) is 17.6 Å². The number of nitro groups is 1. The van der Waals surface area contributed by atoms with Gasteiger partial charge in [-0.05, 0) is 26.0 Å². The smallest absolute Gasteiger partial charge is 0.315 e. The summed E-state index contributed by atoms with van der Waals surface area (Å²) in [5, 5.41) is 14.4. The lowest BCUT2D eigenvalue weighted by molar-refractivity contribution is -0.383. The molecule has 1 aromatic rings. The molecule has 1 aromatic carbocycles. The lowest BCUT2D eigenvalue weighted by atomic mass is 10.2. The van der Waals surface area contributed by atoms with Crippen LogP contribution in [0.5, 0.6) is 0 Å². The average Bonchev–Trinajstić information content (AvgIpc) is 2.38. The molecule has 0 aromatic heterocycles. The van der Waals surface area contributed by atoms with Crippen LogP contribution in [-0.2, 0) is 4.74 Å². The highest BCUT2D eigenvalue weighted by Crippen LogP contribution is 2.36. The summed E-state index contributed by atoms with van der Waals surface area (Å²) in [6.07, 6.45) is 0.0937. The number of ether oxygens (including phenoxy) is 1. The zero-order chi connectivity index (χ0) is 13.8. The fourth-order valence-corrected chi connectivity index (χ4v) is 2.35. The molecule has 0 radical (unpaired) electrons. The van der Waals surface area contributed by atoms with E-state index in [9.17, 15) is 10.1 Å². The van der Waals surface area contributed by atoms with Crippen LogP contribution in [0.4, 0.5) is 17.1 Å². The molecular weight excluding hydrogens is 246 g/mol. The number of morpholine rings is 1. The summed E-state index contributed by atoms with van der Waals surface area (Å²) in [5.41, 5.74) is 1.39. The summed E-state index contributed by atoms with van der Waals surface area (Å²) in [4.78, 5) is 13.1. The Bertz CT molecular complexity index is 464. The van der Waals surface area contributed by atoms with Crippen molar-refractivity contribution in [3.8, 4) is 0 Å². The van der Waals surface area contributed by atoms with E-state index in [-0.39, 0.29) is 16.7 Å². The van der Waals surface area contributed by atoms with Crippen LogP contribution in [-0.4, -0.2) is 37.3 Å². The standard InChI is InChI=1S/C13H19N3O3/c1-3-14-11-5-4-6-12(13(11)16(17)18)15-7-8-19-10(2)9-15/h4-6,10,14H,3,7-9H2,1-2H3. The highest BCUT2D eigenvalue weighted by molar-refractivity contribution is 5.77. The van der Waals surface area contributed by atoms with Crippen LogP contribution < -0.4 is 10.2 Å². The molecule has 1 N–H and O–H groups in total. The van der Waals surface area contributed by atoms with Gasteiger partial charge in [0.2, 0.25) is 0 Å². The molecule has 2 rings (SSSR count).